The number of anilines is 1. The zero-order valence-corrected chi connectivity index (χ0v) is 14.1. The second-order valence-electron chi connectivity index (χ2n) is 6.00. The molecule has 2 aromatic heterocycles. The van der Waals surface area contributed by atoms with Gasteiger partial charge in [-0.1, -0.05) is 6.92 Å². The van der Waals surface area contributed by atoms with Gasteiger partial charge in [-0.2, -0.15) is 10.4 Å². The van der Waals surface area contributed by atoms with Crippen LogP contribution in [0.4, 0.5) is 5.82 Å². The molecule has 3 N–H and O–H groups in total. The standard InChI is InChI=1S/C16H19N5.CH2O2/c1-9-4-5-14-11(6-9)15(12(7-17)16(18)20-14)13-8-19-21(3)10(13)2;2-1-3/h8-9H,4-6H2,1-3H3,(H2,18,20);1H,(H,2,3). The van der Waals surface area contributed by atoms with E-state index < -0.39 is 0 Å². The monoisotopic (exact) mass is 327 g/mol. The Hall–Kier alpha value is -2.88. The van der Waals surface area contributed by atoms with Crippen molar-refractivity contribution in [2.24, 2.45) is 13.0 Å². The topological polar surface area (TPSA) is 118 Å². The van der Waals surface area contributed by atoms with Crippen LogP contribution in [0.3, 0.4) is 0 Å². The lowest BCUT2D eigenvalue weighted by Gasteiger charge is -2.24. The van der Waals surface area contributed by atoms with Crippen molar-refractivity contribution in [3.8, 4) is 17.2 Å². The highest BCUT2D eigenvalue weighted by Gasteiger charge is 2.26. The SMILES string of the molecule is Cc1c(-c2c(C#N)c(N)nc3c2CC(C)CC3)cnn1C.O=CO. The fraction of sp³-hybridized carbons (Fsp3) is 0.412. The molecule has 24 heavy (non-hydrogen) atoms. The van der Waals surface area contributed by atoms with Gasteiger partial charge in [0.2, 0.25) is 0 Å². The maximum Gasteiger partial charge on any atom is 0.290 e. The molecule has 0 bridgehead atoms. The molecular formula is C17H21N5O2. The highest BCUT2D eigenvalue weighted by Crippen LogP contribution is 2.38. The summed E-state index contributed by atoms with van der Waals surface area (Å²) in [7, 11) is 1.91. The first-order chi connectivity index (χ1) is 11.4. The van der Waals surface area contributed by atoms with Crippen molar-refractivity contribution in [2.45, 2.75) is 33.1 Å². The maximum absolute atomic E-state index is 9.53. The number of carboxylic acid groups (broad SMARTS) is 1. The van der Waals surface area contributed by atoms with E-state index in [1.54, 1.807) is 0 Å². The van der Waals surface area contributed by atoms with Crippen molar-refractivity contribution in [3.05, 3.63) is 28.7 Å². The lowest BCUT2D eigenvalue weighted by Crippen LogP contribution is -2.17. The zero-order valence-electron chi connectivity index (χ0n) is 14.1. The van der Waals surface area contributed by atoms with Gasteiger partial charge in [-0.05, 0) is 37.7 Å². The van der Waals surface area contributed by atoms with Gasteiger partial charge >= 0.3 is 0 Å². The van der Waals surface area contributed by atoms with E-state index in [4.69, 9.17) is 15.6 Å². The highest BCUT2D eigenvalue weighted by atomic mass is 16.3. The number of nitrogens with zero attached hydrogens (tertiary/aromatic N) is 4. The molecule has 7 heteroatoms. The van der Waals surface area contributed by atoms with Crippen molar-refractivity contribution in [3.63, 3.8) is 0 Å². The Bertz CT molecular complexity index is 804. The molecule has 0 saturated heterocycles. The molecule has 7 nitrogen and oxygen atoms in total. The number of aryl methyl sites for hydroxylation is 2. The third-order valence-electron chi connectivity index (χ3n) is 4.45. The molecule has 1 atom stereocenters. The number of hydrogen-bond acceptors (Lipinski definition) is 5. The smallest absolute Gasteiger partial charge is 0.290 e. The fourth-order valence-electron chi connectivity index (χ4n) is 3.11. The minimum Gasteiger partial charge on any atom is -0.483 e. The number of fused-ring (bicyclic) bond motifs is 1. The summed E-state index contributed by atoms with van der Waals surface area (Å²) >= 11 is 0. The lowest BCUT2D eigenvalue weighted by atomic mass is 9.82. The number of rotatable bonds is 1. The Morgan fingerprint density at radius 1 is 1.54 bits per heavy atom. The van der Waals surface area contributed by atoms with E-state index in [1.807, 2.05) is 24.9 Å². The van der Waals surface area contributed by atoms with E-state index in [1.165, 1.54) is 5.56 Å². The molecular weight excluding hydrogens is 306 g/mol. The number of nitrogens with two attached hydrogens (primary N) is 1. The first-order valence-corrected chi connectivity index (χ1v) is 7.72. The summed E-state index contributed by atoms with van der Waals surface area (Å²) in [4.78, 5) is 12.8. The van der Waals surface area contributed by atoms with E-state index in [0.29, 0.717) is 17.3 Å². The molecule has 0 radical (unpaired) electrons. The van der Waals surface area contributed by atoms with Crippen molar-refractivity contribution >= 4 is 12.3 Å². The molecule has 2 heterocycles. The summed E-state index contributed by atoms with van der Waals surface area (Å²) in [6, 6.07) is 2.24. The number of nitrogen functional groups attached to an aromatic ring is 1. The molecule has 0 aromatic carbocycles. The van der Waals surface area contributed by atoms with Crippen molar-refractivity contribution in [1.29, 1.82) is 5.26 Å². The van der Waals surface area contributed by atoms with Gasteiger partial charge < -0.3 is 10.8 Å². The Morgan fingerprint density at radius 2 is 2.21 bits per heavy atom. The third-order valence-corrected chi connectivity index (χ3v) is 4.45. The van der Waals surface area contributed by atoms with Crippen molar-refractivity contribution < 1.29 is 9.90 Å². The Morgan fingerprint density at radius 3 is 2.75 bits per heavy atom. The summed E-state index contributed by atoms with van der Waals surface area (Å²) < 4.78 is 1.83. The van der Waals surface area contributed by atoms with Gasteiger partial charge in [0.05, 0.1) is 6.20 Å². The maximum atomic E-state index is 9.53. The molecule has 0 spiro atoms. The molecule has 2 aromatic rings. The van der Waals surface area contributed by atoms with Crippen LogP contribution < -0.4 is 5.73 Å². The molecule has 0 aliphatic heterocycles. The summed E-state index contributed by atoms with van der Waals surface area (Å²) in [6.07, 6.45) is 4.82. The van der Waals surface area contributed by atoms with Gasteiger partial charge in [0, 0.05) is 29.6 Å². The first-order valence-electron chi connectivity index (χ1n) is 7.72. The summed E-state index contributed by atoms with van der Waals surface area (Å²) in [5.74, 6) is 0.939. The van der Waals surface area contributed by atoms with E-state index in [2.05, 4.69) is 23.1 Å². The number of carbonyl (C=O) groups is 1. The quantitative estimate of drug-likeness (QED) is 0.774. The predicted molar refractivity (Wildman–Crippen MR) is 90.2 cm³/mol. The van der Waals surface area contributed by atoms with Crippen LogP contribution in [0.25, 0.3) is 11.1 Å². The average molecular weight is 327 g/mol. The second kappa shape index (κ2) is 7.13. The molecule has 0 fully saturated rings. The Kier molecular flexibility index (Phi) is 5.19. The van der Waals surface area contributed by atoms with E-state index >= 15 is 0 Å². The Labute approximate surface area is 140 Å². The van der Waals surface area contributed by atoms with Crippen LogP contribution in [0.1, 0.15) is 35.9 Å². The highest BCUT2D eigenvalue weighted by molar-refractivity contribution is 5.80. The van der Waals surface area contributed by atoms with Gasteiger partial charge in [0.1, 0.15) is 17.5 Å². The molecule has 126 valence electrons. The van der Waals surface area contributed by atoms with Gasteiger partial charge in [-0.15, -0.1) is 0 Å². The summed E-state index contributed by atoms with van der Waals surface area (Å²) in [5, 5.41) is 20.7. The summed E-state index contributed by atoms with van der Waals surface area (Å²) in [5.41, 5.74) is 11.7. The first kappa shape index (κ1) is 17.5. The van der Waals surface area contributed by atoms with Crippen LogP contribution in [-0.2, 0) is 24.7 Å². The van der Waals surface area contributed by atoms with Gasteiger partial charge in [-0.3, -0.25) is 9.48 Å². The molecule has 1 unspecified atom stereocenters. The predicted octanol–water partition coefficient (Wildman–Crippen LogP) is 2.07. The minimum atomic E-state index is -0.250. The van der Waals surface area contributed by atoms with Crippen LogP contribution in [0, 0.1) is 24.2 Å². The largest absolute Gasteiger partial charge is 0.483 e. The van der Waals surface area contributed by atoms with Crippen LogP contribution >= 0.6 is 0 Å². The molecule has 3 rings (SSSR count). The van der Waals surface area contributed by atoms with Crippen LogP contribution in [-0.4, -0.2) is 26.3 Å². The molecule has 0 saturated carbocycles. The number of pyridine rings is 1. The fourth-order valence-corrected chi connectivity index (χ4v) is 3.11. The summed E-state index contributed by atoms with van der Waals surface area (Å²) in [6.45, 7) is 4.00. The number of hydrogen-bond donors (Lipinski definition) is 2. The van der Waals surface area contributed by atoms with Crippen LogP contribution in [0.15, 0.2) is 6.20 Å². The Balaban J connectivity index is 0.000000647. The van der Waals surface area contributed by atoms with E-state index in [9.17, 15) is 5.26 Å². The molecule has 0 amide bonds. The average Bonchev–Trinajstić information content (AvgIpc) is 2.87. The molecule has 1 aliphatic carbocycles. The van der Waals surface area contributed by atoms with Gasteiger partial charge in [0.15, 0.2) is 0 Å². The lowest BCUT2D eigenvalue weighted by molar-refractivity contribution is -0.122. The van der Waals surface area contributed by atoms with Crippen LogP contribution in [0.5, 0.6) is 0 Å². The van der Waals surface area contributed by atoms with E-state index in [0.717, 1.165) is 41.8 Å². The number of nitriles is 1. The van der Waals surface area contributed by atoms with Crippen molar-refractivity contribution in [1.82, 2.24) is 14.8 Å². The second-order valence-corrected chi connectivity index (χ2v) is 6.00. The number of aromatic nitrogens is 3. The van der Waals surface area contributed by atoms with Crippen LogP contribution in [0.2, 0.25) is 0 Å². The third kappa shape index (κ3) is 3.08. The van der Waals surface area contributed by atoms with Gasteiger partial charge in [0.25, 0.3) is 6.47 Å². The molecule has 1 aliphatic rings. The minimum absolute atomic E-state index is 0.250. The normalized spacial score (nSPS) is 15.7. The van der Waals surface area contributed by atoms with E-state index in [-0.39, 0.29) is 6.47 Å². The van der Waals surface area contributed by atoms with Gasteiger partial charge in [-0.25, -0.2) is 4.98 Å². The van der Waals surface area contributed by atoms with Crippen molar-refractivity contribution in [2.75, 3.05) is 5.73 Å². The zero-order chi connectivity index (χ0) is 17.9.